The minimum absolute atomic E-state index is 0.686. The zero-order valence-corrected chi connectivity index (χ0v) is 9.17. The largest absolute Gasteiger partial charge is 0.0651 e. The third-order valence-corrected chi connectivity index (χ3v) is 3.10. The van der Waals surface area contributed by atoms with E-state index in [0.29, 0.717) is 5.92 Å². The van der Waals surface area contributed by atoms with Crippen LogP contribution in [0, 0.1) is 12.8 Å². The van der Waals surface area contributed by atoms with Gasteiger partial charge in [0.1, 0.15) is 0 Å². The van der Waals surface area contributed by atoms with Gasteiger partial charge in [-0.1, -0.05) is 57.0 Å². The van der Waals surface area contributed by atoms with E-state index in [9.17, 15) is 0 Å². The lowest BCUT2D eigenvalue weighted by molar-refractivity contribution is 0.473. The molecule has 0 saturated heterocycles. The molecule has 2 unspecified atom stereocenters. The second-order valence-electron chi connectivity index (χ2n) is 4.08. The van der Waals surface area contributed by atoms with Gasteiger partial charge in [0.25, 0.3) is 0 Å². The van der Waals surface area contributed by atoms with Gasteiger partial charge in [-0.25, -0.2) is 0 Å². The average Bonchev–Trinajstić information content (AvgIpc) is 2.17. The number of hydrogen-bond donors (Lipinski definition) is 0. The Hall–Kier alpha value is -0.780. The minimum Gasteiger partial charge on any atom is -0.0651 e. The van der Waals surface area contributed by atoms with Crippen LogP contribution in [0.15, 0.2) is 24.3 Å². The smallest absolute Gasteiger partial charge is 0.0165 e. The number of aryl methyl sites for hydroxylation is 1. The van der Waals surface area contributed by atoms with Crippen molar-refractivity contribution in [1.82, 2.24) is 0 Å². The van der Waals surface area contributed by atoms with Gasteiger partial charge in [-0.2, -0.15) is 0 Å². The first-order chi connectivity index (χ1) is 6.15. The molecule has 0 nitrogen and oxygen atoms in total. The molecule has 0 radical (unpaired) electrons. The van der Waals surface area contributed by atoms with Crippen molar-refractivity contribution in [3.63, 3.8) is 0 Å². The maximum Gasteiger partial charge on any atom is -0.0165 e. The monoisotopic (exact) mass is 176 g/mol. The Balaban J connectivity index is 2.77. The van der Waals surface area contributed by atoms with Crippen molar-refractivity contribution >= 4 is 0 Å². The lowest BCUT2D eigenvalue weighted by atomic mass is 9.87. The molecule has 1 aromatic carbocycles. The molecule has 0 fully saturated rings. The molecular weight excluding hydrogens is 156 g/mol. The summed E-state index contributed by atoms with van der Waals surface area (Å²) >= 11 is 0. The van der Waals surface area contributed by atoms with Crippen LogP contribution < -0.4 is 0 Å². The Morgan fingerprint density at radius 1 is 1.08 bits per heavy atom. The Morgan fingerprint density at radius 3 is 2.08 bits per heavy atom. The van der Waals surface area contributed by atoms with Crippen molar-refractivity contribution in [3.8, 4) is 0 Å². The summed E-state index contributed by atoms with van der Waals surface area (Å²) in [6, 6.07) is 8.92. The van der Waals surface area contributed by atoms with E-state index in [0.717, 1.165) is 5.92 Å². The van der Waals surface area contributed by atoms with Crippen LogP contribution >= 0.6 is 0 Å². The first-order valence-corrected chi connectivity index (χ1v) is 5.21. The molecule has 0 amide bonds. The maximum absolute atomic E-state index is 2.32. The third kappa shape index (κ3) is 2.58. The number of benzene rings is 1. The summed E-state index contributed by atoms with van der Waals surface area (Å²) in [5.41, 5.74) is 2.82. The fourth-order valence-corrected chi connectivity index (χ4v) is 1.55. The molecule has 0 spiro atoms. The van der Waals surface area contributed by atoms with Crippen LogP contribution in [-0.2, 0) is 0 Å². The Morgan fingerprint density at radius 2 is 1.62 bits per heavy atom. The molecule has 2 atom stereocenters. The maximum atomic E-state index is 2.32. The minimum atomic E-state index is 0.686. The van der Waals surface area contributed by atoms with E-state index >= 15 is 0 Å². The van der Waals surface area contributed by atoms with Crippen LogP contribution in [-0.4, -0.2) is 0 Å². The van der Waals surface area contributed by atoms with Crippen LogP contribution in [0.3, 0.4) is 0 Å². The fraction of sp³-hybridized carbons (Fsp3) is 0.538. The topological polar surface area (TPSA) is 0 Å². The molecule has 1 rings (SSSR count). The van der Waals surface area contributed by atoms with Crippen LogP contribution in [0.25, 0.3) is 0 Å². The van der Waals surface area contributed by atoms with Crippen LogP contribution in [0.4, 0.5) is 0 Å². The summed E-state index contributed by atoms with van der Waals surface area (Å²) in [6.07, 6.45) is 1.26. The van der Waals surface area contributed by atoms with E-state index in [1.54, 1.807) is 0 Å². The molecule has 0 N–H and O–H groups in total. The second kappa shape index (κ2) is 4.45. The average molecular weight is 176 g/mol. The van der Waals surface area contributed by atoms with Gasteiger partial charge in [0, 0.05) is 0 Å². The fourth-order valence-electron chi connectivity index (χ4n) is 1.55. The highest BCUT2D eigenvalue weighted by molar-refractivity contribution is 5.24. The molecule has 0 heteroatoms. The van der Waals surface area contributed by atoms with Crippen molar-refractivity contribution in [3.05, 3.63) is 35.4 Å². The lowest BCUT2D eigenvalue weighted by Crippen LogP contribution is -2.04. The first kappa shape index (κ1) is 10.3. The summed E-state index contributed by atoms with van der Waals surface area (Å²) in [5.74, 6) is 1.47. The standard InChI is InChI=1S/C13H20/c1-5-11(3)12(4)13-8-6-10(2)7-9-13/h6-9,11-12H,5H2,1-4H3. The van der Waals surface area contributed by atoms with E-state index in [4.69, 9.17) is 0 Å². The lowest BCUT2D eigenvalue weighted by Gasteiger charge is -2.18. The highest BCUT2D eigenvalue weighted by Crippen LogP contribution is 2.26. The van der Waals surface area contributed by atoms with Crippen molar-refractivity contribution in [1.29, 1.82) is 0 Å². The summed E-state index contributed by atoms with van der Waals surface area (Å²) in [5, 5.41) is 0. The van der Waals surface area contributed by atoms with Crippen molar-refractivity contribution in [2.24, 2.45) is 5.92 Å². The van der Waals surface area contributed by atoms with Gasteiger partial charge in [0.05, 0.1) is 0 Å². The van der Waals surface area contributed by atoms with Crippen LogP contribution in [0.1, 0.15) is 44.2 Å². The quantitative estimate of drug-likeness (QED) is 0.649. The molecule has 0 heterocycles. The Labute approximate surface area is 82.0 Å². The van der Waals surface area contributed by atoms with Gasteiger partial charge in [-0.3, -0.25) is 0 Å². The molecule has 1 aromatic rings. The molecule has 0 saturated carbocycles. The van der Waals surface area contributed by atoms with E-state index in [-0.39, 0.29) is 0 Å². The predicted octanol–water partition coefficient (Wildman–Crippen LogP) is 4.14. The SMILES string of the molecule is CCC(C)C(C)c1ccc(C)cc1. The van der Waals surface area contributed by atoms with Gasteiger partial charge in [0.2, 0.25) is 0 Å². The van der Waals surface area contributed by atoms with Gasteiger partial charge >= 0.3 is 0 Å². The molecule has 0 bridgehead atoms. The Bertz CT molecular complexity index is 245. The zero-order chi connectivity index (χ0) is 9.84. The molecule has 0 aliphatic heterocycles. The first-order valence-electron chi connectivity index (χ1n) is 5.21. The predicted molar refractivity (Wildman–Crippen MR) is 59.0 cm³/mol. The van der Waals surface area contributed by atoms with Gasteiger partial charge in [0.15, 0.2) is 0 Å². The van der Waals surface area contributed by atoms with Crippen molar-refractivity contribution < 1.29 is 0 Å². The van der Waals surface area contributed by atoms with Crippen molar-refractivity contribution in [2.75, 3.05) is 0 Å². The van der Waals surface area contributed by atoms with Crippen LogP contribution in [0.5, 0.6) is 0 Å². The van der Waals surface area contributed by atoms with E-state index < -0.39 is 0 Å². The molecular formula is C13H20. The highest BCUT2D eigenvalue weighted by Gasteiger charge is 2.11. The number of hydrogen-bond acceptors (Lipinski definition) is 0. The summed E-state index contributed by atoms with van der Waals surface area (Å²) in [7, 11) is 0. The number of rotatable bonds is 3. The molecule has 0 aliphatic carbocycles. The molecule has 13 heavy (non-hydrogen) atoms. The highest BCUT2D eigenvalue weighted by atomic mass is 14.2. The Kier molecular flexibility index (Phi) is 3.53. The third-order valence-electron chi connectivity index (χ3n) is 3.10. The van der Waals surface area contributed by atoms with Gasteiger partial charge < -0.3 is 0 Å². The molecule has 72 valence electrons. The summed E-state index contributed by atoms with van der Waals surface area (Å²) in [4.78, 5) is 0. The molecule has 0 aromatic heterocycles. The van der Waals surface area contributed by atoms with Crippen LogP contribution in [0.2, 0.25) is 0 Å². The van der Waals surface area contributed by atoms with E-state index in [1.807, 2.05) is 0 Å². The molecule has 0 aliphatic rings. The second-order valence-corrected chi connectivity index (χ2v) is 4.08. The van der Waals surface area contributed by atoms with Gasteiger partial charge in [-0.15, -0.1) is 0 Å². The zero-order valence-electron chi connectivity index (χ0n) is 9.17. The van der Waals surface area contributed by atoms with Gasteiger partial charge in [-0.05, 0) is 24.3 Å². The normalized spacial score (nSPS) is 15.4. The van der Waals surface area contributed by atoms with E-state index in [1.165, 1.54) is 17.5 Å². The summed E-state index contributed by atoms with van der Waals surface area (Å²) < 4.78 is 0. The summed E-state index contributed by atoms with van der Waals surface area (Å²) in [6.45, 7) is 9.04. The van der Waals surface area contributed by atoms with E-state index in [2.05, 4.69) is 52.0 Å². The van der Waals surface area contributed by atoms with Crippen molar-refractivity contribution in [2.45, 2.75) is 40.0 Å².